The molecule has 0 saturated carbocycles. The molecule has 0 spiro atoms. The average molecular weight is 230 g/mol. The third kappa shape index (κ3) is 2.68. The van der Waals surface area contributed by atoms with Crippen LogP contribution in [0.3, 0.4) is 0 Å². The fraction of sp³-hybridized carbons (Fsp3) is 0.467. The van der Waals surface area contributed by atoms with E-state index in [4.69, 9.17) is 6.42 Å². The smallest absolute Gasteiger partial charge is 0.102 e. The van der Waals surface area contributed by atoms with Crippen LogP contribution in [0, 0.1) is 12.3 Å². The van der Waals surface area contributed by atoms with Gasteiger partial charge in [0.2, 0.25) is 0 Å². The minimum atomic E-state index is -0.333. The molecule has 1 unspecified atom stereocenters. The summed E-state index contributed by atoms with van der Waals surface area (Å²) in [6, 6.07) is 8.75. The first-order chi connectivity index (χ1) is 8.36. The number of benzene rings is 1. The van der Waals surface area contributed by atoms with Gasteiger partial charge in [0, 0.05) is 12.6 Å². The normalized spacial score (nSPS) is 18.8. The number of fused-ring (bicyclic) bond motifs is 1. The Kier molecular flexibility index (Phi) is 4.17. The van der Waals surface area contributed by atoms with Crippen LogP contribution in [-0.2, 0) is 6.42 Å². The largest absolute Gasteiger partial charge is 0.283 e. The number of aryl methyl sites for hydroxylation is 1. The zero-order valence-corrected chi connectivity index (χ0v) is 10.0. The highest BCUT2D eigenvalue weighted by Gasteiger charge is 2.24. The van der Waals surface area contributed by atoms with Gasteiger partial charge in [0.05, 0.1) is 6.54 Å². The molecule has 0 saturated heterocycles. The molecule has 0 fully saturated rings. The van der Waals surface area contributed by atoms with Crippen molar-refractivity contribution in [1.29, 1.82) is 0 Å². The Labute approximate surface area is 103 Å². The van der Waals surface area contributed by atoms with Crippen LogP contribution in [0.5, 0.6) is 0 Å². The second kappa shape index (κ2) is 5.84. The lowest BCUT2D eigenvalue weighted by Crippen LogP contribution is -2.33. The molecule has 0 radical (unpaired) electrons. The van der Waals surface area contributed by atoms with Crippen LogP contribution in [-0.4, -0.2) is 24.7 Å². The Morgan fingerprint density at radius 3 is 3.00 bits per heavy atom. The van der Waals surface area contributed by atoms with Gasteiger partial charge in [0.1, 0.15) is 6.67 Å². The summed E-state index contributed by atoms with van der Waals surface area (Å²) in [7, 11) is 0. The van der Waals surface area contributed by atoms with E-state index in [1.165, 1.54) is 11.1 Å². The summed E-state index contributed by atoms with van der Waals surface area (Å²) in [6.45, 7) is 0.631. The molecular formula is C15H18FN. The molecule has 0 bridgehead atoms. The van der Waals surface area contributed by atoms with Crippen LogP contribution in [0.2, 0.25) is 0 Å². The van der Waals surface area contributed by atoms with E-state index in [0.29, 0.717) is 19.1 Å². The molecule has 0 heterocycles. The van der Waals surface area contributed by atoms with Gasteiger partial charge in [-0.25, -0.2) is 4.39 Å². The molecule has 0 aliphatic heterocycles. The highest BCUT2D eigenvalue weighted by molar-refractivity contribution is 5.32. The Bertz CT molecular complexity index is 408. The van der Waals surface area contributed by atoms with E-state index in [9.17, 15) is 4.39 Å². The maximum atomic E-state index is 12.6. The molecule has 1 aromatic carbocycles. The topological polar surface area (TPSA) is 3.24 Å². The fourth-order valence-electron chi connectivity index (χ4n) is 2.68. The molecule has 1 nitrogen and oxygen atoms in total. The van der Waals surface area contributed by atoms with E-state index < -0.39 is 0 Å². The number of alkyl halides is 1. The summed E-state index contributed by atoms with van der Waals surface area (Å²) in [5.41, 5.74) is 2.73. The number of rotatable bonds is 4. The van der Waals surface area contributed by atoms with E-state index in [0.717, 1.165) is 19.3 Å². The molecule has 1 atom stereocenters. The maximum absolute atomic E-state index is 12.6. The monoisotopic (exact) mass is 230 g/mol. The third-order valence-corrected chi connectivity index (χ3v) is 3.44. The first-order valence-corrected chi connectivity index (χ1v) is 6.18. The fourth-order valence-corrected chi connectivity index (χ4v) is 2.68. The average Bonchev–Trinajstić information content (AvgIpc) is 2.38. The van der Waals surface area contributed by atoms with Gasteiger partial charge in [0.15, 0.2) is 0 Å². The number of hydrogen-bond acceptors (Lipinski definition) is 1. The molecule has 2 heteroatoms. The Morgan fingerprint density at radius 1 is 1.41 bits per heavy atom. The van der Waals surface area contributed by atoms with Crippen molar-refractivity contribution < 1.29 is 4.39 Å². The molecule has 2 rings (SSSR count). The number of nitrogens with zero attached hydrogens (tertiary/aromatic N) is 1. The molecule has 17 heavy (non-hydrogen) atoms. The maximum Gasteiger partial charge on any atom is 0.102 e. The molecule has 1 aliphatic carbocycles. The molecule has 1 aromatic rings. The molecular weight excluding hydrogens is 212 g/mol. The molecule has 0 aromatic heterocycles. The predicted molar refractivity (Wildman–Crippen MR) is 68.5 cm³/mol. The van der Waals surface area contributed by atoms with Gasteiger partial charge in [-0.1, -0.05) is 30.2 Å². The molecule has 0 amide bonds. The highest BCUT2D eigenvalue weighted by atomic mass is 18.2. The van der Waals surface area contributed by atoms with Crippen molar-refractivity contribution in [2.24, 2.45) is 0 Å². The Balaban J connectivity index is 2.24. The van der Waals surface area contributed by atoms with E-state index in [1.54, 1.807) is 0 Å². The Hall–Kier alpha value is -1.33. The van der Waals surface area contributed by atoms with Crippen molar-refractivity contribution in [2.45, 2.75) is 25.3 Å². The minimum Gasteiger partial charge on any atom is -0.283 e. The van der Waals surface area contributed by atoms with E-state index in [1.807, 2.05) is 0 Å². The van der Waals surface area contributed by atoms with Crippen molar-refractivity contribution in [3.8, 4) is 12.3 Å². The summed E-state index contributed by atoms with van der Waals surface area (Å²) >= 11 is 0. The van der Waals surface area contributed by atoms with Gasteiger partial charge < -0.3 is 0 Å². The van der Waals surface area contributed by atoms with E-state index >= 15 is 0 Å². The summed E-state index contributed by atoms with van der Waals surface area (Å²) in [5, 5.41) is 0. The van der Waals surface area contributed by atoms with Gasteiger partial charge in [-0.15, -0.1) is 6.42 Å². The van der Waals surface area contributed by atoms with Crippen LogP contribution >= 0.6 is 0 Å². The van der Waals surface area contributed by atoms with Crippen LogP contribution in [0.4, 0.5) is 4.39 Å². The minimum absolute atomic E-state index is 0.298. The van der Waals surface area contributed by atoms with E-state index in [2.05, 4.69) is 35.1 Å². The summed E-state index contributed by atoms with van der Waals surface area (Å²) in [4.78, 5) is 2.08. The molecule has 0 N–H and O–H groups in total. The zero-order chi connectivity index (χ0) is 12.1. The lowest BCUT2D eigenvalue weighted by Gasteiger charge is -2.34. The summed E-state index contributed by atoms with van der Waals surface area (Å²) < 4.78 is 12.6. The second-order valence-corrected chi connectivity index (χ2v) is 4.47. The van der Waals surface area contributed by atoms with Crippen LogP contribution in [0.25, 0.3) is 0 Å². The lowest BCUT2D eigenvalue weighted by molar-refractivity contribution is 0.186. The zero-order valence-electron chi connectivity index (χ0n) is 10.0. The number of terminal acetylenes is 1. The Morgan fingerprint density at radius 2 is 2.24 bits per heavy atom. The van der Waals surface area contributed by atoms with Crippen LogP contribution in [0.1, 0.15) is 30.0 Å². The van der Waals surface area contributed by atoms with Crippen molar-refractivity contribution >= 4 is 0 Å². The van der Waals surface area contributed by atoms with Gasteiger partial charge in [-0.05, 0) is 30.4 Å². The van der Waals surface area contributed by atoms with Crippen LogP contribution < -0.4 is 0 Å². The highest BCUT2D eigenvalue weighted by Crippen LogP contribution is 2.33. The van der Waals surface area contributed by atoms with E-state index in [-0.39, 0.29) is 6.67 Å². The predicted octanol–water partition coefficient (Wildman–Crippen LogP) is 2.97. The quantitative estimate of drug-likeness (QED) is 0.719. The second-order valence-electron chi connectivity index (χ2n) is 4.47. The SMILES string of the molecule is C#CCN(CC[18F])C1CCCc2ccccc21. The van der Waals surface area contributed by atoms with Crippen molar-refractivity contribution in [3.05, 3.63) is 35.4 Å². The van der Waals surface area contributed by atoms with Crippen molar-refractivity contribution in [2.75, 3.05) is 19.8 Å². The van der Waals surface area contributed by atoms with Crippen molar-refractivity contribution in [1.82, 2.24) is 4.90 Å². The summed E-state index contributed by atoms with van der Waals surface area (Å²) in [6.07, 6.45) is 8.75. The lowest BCUT2D eigenvalue weighted by atomic mass is 9.87. The van der Waals surface area contributed by atoms with Crippen LogP contribution in [0.15, 0.2) is 24.3 Å². The number of hydrogen-bond donors (Lipinski definition) is 0. The standard InChI is InChI=1S/C15H18FN/c1-2-11-17(12-10-16)15-9-5-7-13-6-3-4-8-14(13)15/h1,3-4,6,8,15H,5,7,9-12H2/i16-1. The van der Waals surface area contributed by atoms with Gasteiger partial charge in [0.25, 0.3) is 0 Å². The molecule has 1 aliphatic rings. The molecule has 90 valence electrons. The van der Waals surface area contributed by atoms with Gasteiger partial charge >= 0.3 is 0 Å². The van der Waals surface area contributed by atoms with Gasteiger partial charge in [-0.2, -0.15) is 0 Å². The van der Waals surface area contributed by atoms with Gasteiger partial charge in [-0.3, -0.25) is 4.90 Å². The number of halogens is 1. The van der Waals surface area contributed by atoms with Crippen molar-refractivity contribution in [3.63, 3.8) is 0 Å². The summed E-state index contributed by atoms with van der Waals surface area (Å²) in [5.74, 6) is 2.64. The first-order valence-electron chi connectivity index (χ1n) is 6.18. The first kappa shape index (κ1) is 12.1. The third-order valence-electron chi connectivity index (χ3n) is 3.44.